The van der Waals surface area contributed by atoms with Crippen molar-refractivity contribution >= 4 is 42.1 Å². The van der Waals surface area contributed by atoms with Gasteiger partial charge in [-0.1, -0.05) is 25.1 Å². The first-order valence-electron chi connectivity index (χ1n) is 8.41. The molecule has 0 atom stereocenters. The third-order valence-electron chi connectivity index (χ3n) is 4.25. The average Bonchev–Trinajstić information content (AvgIpc) is 2.56. The second-order valence-corrected chi connectivity index (χ2v) is 6.38. The molecule has 4 nitrogen and oxygen atoms in total. The van der Waals surface area contributed by atoms with Crippen molar-refractivity contribution in [3.05, 3.63) is 59.2 Å². The molecule has 0 bridgehead atoms. The Balaban J connectivity index is 0.00000312. The van der Waals surface area contributed by atoms with Gasteiger partial charge in [0.25, 0.3) is 5.91 Å². The fourth-order valence-electron chi connectivity index (χ4n) is 2.62. The molecule has 2 aromatic carbocycles. The molecule has 0 saturated carbocycles. The Hall–Kier alpha value is -1.75. The summed E-state index contributed by atoms with van der Waals surface area (Å²) in [7, 11) is 0. The van der Waals surface area contributed by atoms with E-state index in [0.717, 1.165) is 24.3 Å². The zero-order valence-corrected chi connectivity index (χ0v) is 17.4. The lowest BCUT2D eigenvalue weighted by atomic mass is 10.1. The molecule has 1 amide bonds. The lowest BCUT2D eigenvalue weighted by Gasteiger charge is -2.24. The normalized spacial score (nSPS) is 10.2. The fraction of sp³-hybridized carbons (Fsp3) is 0.350. The van der Waals surface area contributed by atoms with Gasteiger partial charge in [-0.25, -0.2) is 0 Å². The third kappa shape index (κ3) is 6.52. The number of rotatable bonds is 6. The Bertz CT molecular complexity index is 703. The number of hydrogen-bond donors (Lipinski definition) is 2. The SMILES string of the molecule is CCN(Cc1ccc(C(=O)Nc2cc(N)ccc2C)cc1)C(C)C.Cl.Cl. The molecule has 3 N–H and O–H groups in total. The van der Waals surface area contributed by atoms with Crippen molar-refractivity contribution in [1.82, 2.24) is 4.90 Å². The number of anilines is 2. The Kier molecular flexibility index (Phi) is 10.3. The highest BCUT2D eigenvalue weighted by molar-refractivity contribution is 6.04. The summed E-state index contributed by atoms with van der Waals surface area (Å²) >= 11 is 0. The first-order valence-corrected chi connectivity index (χ1v) is 8.41. The molecule has 2 rings (SSSR count). The van der Waals surface area contributed by atoms with Crippen LogP contribution in [-0.2, 0) is 6.54 Å². The number of amides is 1. The van der Waals surface area contributed by atoms with E-state index >= 15 is 0 Å². The van der Waals surface area contributed by atoms with E-state index in [4.69, 9.17) is 5.73 Å². The summed E-state index contributed by atoms with van der Waals surface area (Å²) in [6.07, 6.45) is 0. The van der Waals surface area contributed by atoms with Gasteiger partial charge in [0.1, 0.15) is 0 Å². The minimum Gasteiger partial charge on any atom is -0.399 e. The molecule has 0 aliphatic heterocycles. The average molecular weight is 398 g/mol. The second-order valence-electron chi connectivity index (χ2n) is 6.38. The Morgan fingerprint density at radius 3 is 2.27 bits per heavy atom. The van der Waals surface area contributed by atoms with Crippen LogP contribution in [0.1, 0.15) is 42.3 Å². The molecule has 0 aliphatic rings. The molecular formula is C20H29Cl2N3O. The number of nitrogens with one attached hydrogen (secondary N) is 1. The minimum absolute atomic E-state index is 0. The van der Waals surface area contributed by atoms with Crippen LogP contribution in [0.2, 0.25) is 0 Å². The predicted octanol–water partition coefficient (Wildman–Crippen LogP) is 4.90. The summed E-state index contributed by atoms with van der Waals surface area (Å²) < 4.78 is 0. The molecule has 0 saturated heterocycles. The maximum Gasteiger partial charge on any atom is 0.255 e. The first kappa shape index (κ1) is 24.2. The van der Waals surface area contributed by atoms with Crippen LogP contribution in [0.4, 0.5) is 11.4 Å². The van der Waals surface area contributed by atoms with Gasteiger partial charge in [-0.2, -0.15) is 0 Å². The zero-order valence-electron chi connectivity index (χ0n) is 15.8. The van der Waals surface area contributed by atoms with E-state index in [-0.39, 0.29) is 30.7 Å². The van der Waals surface area contributed by atoms with Crippen molar-refractivity contribution in [3.63, 3.8) is 0 Å². The molecular weight excluding hydrogens is 369 g/mol. The van der Waals surface area contributed by atoms with Crippen LogP contribution in [0.25, 0.3) is 0 Å². The second kappa shape index (κ2) is 11.1. The molecule has 144 valence electrons. The van der Waals surface area contributed by atoms with E-state index in [1.54, 1.807) is 6.07 Å². The number of nitrogen functional groups attached to an aromatic ring is 1. The molecule has 0 fully saturated rings. The van der Waals surface area contributed by atoms with Crippen LogP contribution in [0.15, 0.2) is 42.5 Å². The molecule has 0 spiro atoms. The van der Waals surface area contributed by atoms with E-state index in [0.29, 0.717) is 17.3 Å². The van der Waals surface area contributed by atoms with E-state index in [1.165, 1.54) is 5.56 Å². The number of carbonyl (C=O) groups is 1. The number of carbonyl (C=O) groups excluding carboxylic acids is 1. The van der Waals surface area contributed by atoms with Crippen molar-refractivity contribution in [2.45, 2.75) is 40.3 Å². The molecule has 2 aromatic rings. The quantitative estimate of drug-likeness (QED) is 0.681. The minimum atomic E-state index is -0.119. The van der Waals surface area contributed by atoms with Gasteiger partial charge in [-0.05, 0) is 62.7 Å². The number of benzene rings is 2. The molecule has 0 aliphatic carbocycles. The van der Waals surface area contributed by atoms with Gasteiger partial charge in [-0.3, -0.25) is 9.69 Å². The van der Waals surface area contributed by atoms with E-state index in [1.807, 2.05) is 43.3 Å². The summed E-state index contributed by atoms with van der Waals surface area (Å²) in [4.78, 5) is 14.8. The molecule has 6 heteroatoms. The lowest BCUT2D eigenvalue weighted by Crippen LogP contribution is -2.29. The number of aryl methyl sites for hydroxylation is 1. The van der Waals surface area contributed by atoms with E-state index in [2.05, 4.69) is 31.0 Å². The van der Waals surface area contributed by atoms with Gasteiger partial charge in [0.15, 0.2) is 0 Å². The van der Waals surface area contributed by atoms with Crippen LogP contribution in [0, 0.1) is 6.92 Å². The van der Waals surface area contributed by atoms with Gasteiger partial charge in [0.2, 0.25) is 0 Å². The zero-order chi connectivity index (χ0) is 17.7. The van der Waals surface area contributed by atoms with Gasteiger partial charge in [0.05, 0.1) is 0 Å². The molecule has 0 unspecified atom stereocenters. The fourth-order valence-corrected chi connectivity index (χ4v) is 2.62. The van der Waals surface area contributed by atoms with Gasteiger partial charge in [0, 0.05) is 29.5 Å². The highest BCUT2D eigenvalue weighted by Gasteiger charge is 2.10. The summed E-state index contributed by atoms with van der Waals surface area (Å²) in [5.41, 5.74) is 10.0. The maximum atomic E-state index is 12.4. The van der Waals surface area contributed by atoms with Crippen molar-refractivity contribution < 1.29 is 4.79 Å². The largest absolute Gasteiger partial charge is 0.399 e. The van der Waals surface area contributed by atoms with Crippen LogP contribution in [-0.4, -0.2) is 23.4 Å². The monoisotopic (exact) mass is 397 g/mol. The van der Waals surface area contributed by atoms with Crippen LogP contribution in [0.5, 0.6) is 0 Å². The Morgan fingerprint density at radius 2 is 1.73 bits per heavy atom. The van der Waals surface area contributed by atoms with Crippen molar-refractivity contribution in [2.75, 3.05) is 17.6 Å². The summed E-state index contributed by atoms with van der Waals surface area (Å²) in [5.74, 6) is -0.119. The summed E-state index contributed by atoms with van der Waals surface area (Å²) in [6.45, 7) is 10.4. The van der Waals surface area contributed by atoms with Crippen LogP contribution < -0.4 is 11.1 Å². The van der Waals surface area contributed by atoms with Crippen molar-refractivity contribution in [2.24, 2.45) is 0 Å². The topological polar surface area (TPSA) is 58.4 Å². The number of nitrogens with two attached hydrogens (primary N) is 1. The number of hydrogen-bond acceptors (Lipinski definition) is 3. The van der Waals surface area contributed by atoms with E-state index < -0.39 is 0 Å². The molecule has 0 radical (unpaired) electrons. The maximum absolute atomic E-state index is 12.4. The summed E-state index contributed by atoms with van der Waals surface area (Å²) in [6, 6.07) is 13.8. The van der Waals surface area contributed by atoms with Crippen LogP contribution >= 0.6 is 24.8 Å². The Labute approximate surface area is 169 Å². The third-order valence-corrected chi connectivity index (χ3v) is 4.25. The lowest BCUT2D eigenvalue weighted by molar-refractivity contribution is 0.102. The molecule has 26 heavy (non-hydrogen) atoms. The highest BCUT2D eigenvalue weighted by atomic mass is 35.5. The molecule has 0 aromatic heterocycles. The predicted molar refractivity (Wildman–Crippen MR) is 116 cm³/mol. The highest BCUT2D eigenvalue weighted by Crippen LogP contribution is 2.19. The van der Waals surface area contributed by atoms with Gasteiger partial charge < -0.3 is 11.1 Å². The Morgan fingerprint density at radius 1 is 1.12 bits per heavy atom. The van der Waals surface area contributed by atoms with E-state index in [9.17, 15) is 4.79 Å². The summed E-state index contributed by atoms with van der Waals surface area (Å²) in [5, 5.41) is 2.93. The molecule has 0 heterocycles. The van der Waals surface area contributed by atoms with Gasteiger partial charge in [-0.15, -0.1) is 24.8 Å². The van der Waals surface area contributed by atoms with Crippen LogP contribution in [0.3, 0.4) is 0 Å². The van der Waals surface area contributed by atoms with Crippen molar-refractivity contribution in [1.29, 1.82) is 0 Å². The first-order chi connectivity index (χ1) is 11.4. The smallest absolute Gasteiger partial charge is 0.255 e. The van der Waals surface area contributed by atoms with Crippen molar-refractivity contribution in [3.8, 4) is 0 Å². The number of nitrogens with zero attached hydrogens (tertiary/aromatic N) is 1. The van der Waals surface area contributed by atoms with Gasteiger partial charge >= 0.3 is 0 Å². The standard InChI is InChI=1S/C20H27N3O.2ClH/c1-5-23(14(2)3)13-16-7-9-17(10-8-16)20(24)22-19-12-18(21)11-6-15(19)4;;/h6-12,14H,5,13,21H2,1-4H3,(H,22,24);2*1H. The number of halogens is 2.